The highest BCUT2D eigenvalue weighted by molar-refractivity contribution is 5.83. The highest BCUT2D eigenvalue weighted by atomic mass is 15.3. The molecule has 0 radical (unpaired) electrons. The standard InChI is InChI=1S/C16H22N4/c1-17-16(20-10-4-5-11-20)18-9-8-13-12-19-15-7-3-2-6-14(13)15/h2-3,6-7,12,19H,4-5,8-11H2,1H3,(H,17,18). The third-order valence-corrected chi connectivity index (χ3v) is 3.97. The molecular weight excluding hydrogens is 248 g/mol. The Labute approximate surface area is 119 Å². The van der Waals surface area contributed by atoms with Gasteiger partial charge in [-0.3, -0.25) is 4.99 Å². The molecular formula is C16H22N4. The molecule has 2 aromatic rings. The SMILES string of the molecule is CN=C(NCCc1c[nH]c2ccccc12)N1CCCC1. The Morgan fingerprint density at radius 2 is 2.10 bits per heavy atom. The summed E-state index contributed by atoms with van der Waals surface area (Å²) >= 11 is 0. The lowest BCUT2D eigenvalue weighted by atomic mass is 10.1. The van der Waals surface area contributed by atoms with Crippen LogP contribution >= 0.6 is 0 Å². The van der Waals surface area contributed by atoms with Crippen molar-refractivity contribution in [3.05, 3.63) is 36.0 Å². The fourth-order valence-electron chi connectivity index (χ4n) is 2.91. The molecule has 0 unspecified atom stereocenters. The number of H-pyrrole nitrogens is 1. The molecule has 4 heteroatoms. The molecule has 0 bridgehead atoms. The minimum atomic E-state index is 0.922. The smallest absolute Gasteiger partial charge is 0.193 e. The number of hydrogen-bond acceptors (Lipinski definition) is 1. The zero-order chi connectivity index (χ0) is 13.8. The Bertz CT molecular complexity index is 593. The zero-order valence-electron chi connectivity index (χ0n) is 12.0. The van der Waals surface area contributed by atoms with Crippen LogP contribution in [0.4, 0.5) is 0 Å². The number of benzene rings is 1. The van der Waals surface area contributed by atoms with Crippen molar-refractivity contribution in [2.75, 3.05) is 26.7 Å². The molecule has 2 N–H and O–H groups in total. The number of fused-ring (bicyclic) bond motifs is 1. The zero-order valence-corrected chi connectivity index (χ0v) is 12.0. The molecule has 1 fully saturated rings. The van der Waals surface area contributed by atoms with Crippen molar-refractivity contribution in [1.82, 2.24) is 15.2 Å². The van der Waals surface area contributed by atoms with Crippen molar-refractivity contribution in [2.24, 2.45) is 4.99 Å². The summed E-state index contributed by atoms with van der Waals surface area (Å²) in [5.41, 5.74) is 2.58. The van der Waals surface area contributed by atoms with Crippen LogP contribution in [0.3, 0.4) is 0 Å². The first-order chi connectivity index (χ1) is 9.88. The van der Waals surface area contributed by atoms with Gasteiger partial charge in [0.25, 0.3) is 0 Å². The van der Waals surface area contributed by atoms with Gasteiger partial charge in [-0.25, -0.2) is 0 Å². The van der Waals surface area contributed by atoms with Gasteiger partial charge < -0.3 is 15.2 Å². The molecule has 0 atom stereocenters. The summed E-state index contributed by atoms with van der Waals surface area (Å²) in [6.45, 7) is 3.19. The second-order valence-electron chi connectivity index (χ2n) is 5.28. The highest BCUT2D eigenvalue weighted by Gasteiger charge is 2.15. The number of aromatic amines is 1. The van der Waals surface area contributed by atoms with Gasteiger partial charge >= 0.3 is 0 Å². The van der Waals surface area contributed by atoms with Gasteiger partial charge in [-0.15, -0.1) is 0 Å². The van der Waals surface area contributed by atoms with Gasteiger partial charge in [0.2, 0.25) is 0 Å². The maximum absolute atomic E-state index is 4.37. The molecule has 20 heavy (non-hydrogen) atoms. The number of nitrogens with zero attached hydrogens (tertiary/aromatic N) is 2. The summed E-state index contributed by atoms with van der Waals surface area (Å²) in [6.07, 6.45) is 5.69. The summed E-state index contributed by atoms with van der Waals surface area (Å²) in [7, 11) is 1.87. The van der Waals surface area contributed by atoms with Gasteiger partial charge in [0.05, 0.1) is 0 Å². The van der Waals surface area contributed by atoms with E-state index in [0.717, 1.165) is 32.0 Å². The van der Waals surface area contributed by atoms with Crippen LogP contribution in [-0.4, -0.2) is 42.5 Å². The lowest BCUT2D eigenvalue weighted by Crippen LogP contribution is -2.40. The molecule has 2 heterocycles. The minimum absolute atomic E-state index is 0.922. The number of aliphatic imine (C=N–C) groups is 1. The summed E-state index contributed by atoms with van der Waals surface area (Å²) in [5, 5.41) is 4.80. The van der Waals surface area contributed by atoms with Gasteiger partial charge in [0.15, 0.2) is 5.96 Å². The number of hydrogen-bond donors (Lipinski definition) is 2. The number of likely N-dealkylation sites (tertiary alicyclic amines) is 1. The monoisotopic (exact) mass is 270 g/mol. The average Bonchev–Trinajstić information content (AvgIpc) is 3.14. The molecule has 1 aliphatic heterocycles. The molecule has 0 aliphatic carbocycles. The van der Waals surface area contributed by atoms with Gasteiger partial charge in [0, 0.05) is 43.8 Å². The fraction of sp³-hybridized carbons (Fsp3) is 0.438. The highest BCUT2D eigenvalue weighted by Crippen LogP contribution is 2.17. The van der Waals surface area contributed by atoms with Gasteiger partial charge in [-0.05, 0) is 30.9 Å². The maximum atomic E-state index is 4.37. The lowest BCUT2D eigenvalue weighted by molar-refractivity contribution is 0.494. The van der Waals surface area contributed by atoms with Crippen LogP contribution in [0.2, 0.25) is 0 Å². The number of rotatable bonds is 3. The largest absolute Gasteiger partial charge is 0.361 e. The molecule has 3 rings (SSSR count). The van der Waals surface area contributed by atoms with Gasteiger partial charge in [-0.2, -0.15) is 0 Å². The van der Waals surface area contributed by atoms with Crippen LogP contribution in [0.1, 0.15) is 18.4 Å². The van der Waals surface area contributed by atoms with Gasteiger partial charge in [0.1, 0.15) is 0 Å². The van der Waals surface area contributed by atoms with Crippen LogP contribution < -0.4 is 5.32 Å². The average molecular weight is 270 g/mol. The third kappa shape index (κ3) is 2.64. The minimum Gasteiger partial charge on any atom is -0.361 e. The molecule has 1 aromatic heterocycles. The van der Waals surface area contributed by atoms with E-state index in [1.165, 1.54) is 29.3 Å². The Morgan fingerprint density at radius 1 is 1.30 bits per heavy atom. The summed E-state index contributed by atoms with van der Waals surface area (Å²) in [4.78, 5) is 10.0. The van der Waals surface area contributed by atoms with Crippen LogP contribution in [0.5, 0.6) is 0 Å². The molecule has 1 aromatic carbocycles. The Kier molecular flexibility index (Phi) is 3.90. The molecule has 106 valence electrons. The lowest BCUT2D eigenvalue weighted by Gasteiger charge is -2.20. The summed E-state index contributed by atoms with van der Waals surface area (Å²) < 4.78 is 0. The van der Waals surface area contributed by atoms with Crippen molar-refractivity contribution in [1.29, 1.82) is 0 Å². The van der Waals surface area contributed by atoms with Crippen molar-refractivity contribution in [3.8, 4) is 0 Å². The van der Waals surface area contributed by atoms with Crippen LogP contribution in [0, 0.1) is 0 Å². The fourth-order valence-corrected chi connectivity index (χ4v) is 2.91. The molecule has 1 aliphatic rings. The Morgan fingerprint density at radius 3 is 2.90 bits per heavy atom. The van der Waals surface area contributed by atoms with Crippen molar-refractivity contribution < 1.29 is 0 Å². The van der Waals surface area contributed by atoms with E-state index in [4.69, 9.17) is 0 Å². The number of aromatic nitrogens is 1. The maximum Gasteiger partial charge on any atom is 0.193 e. The first-order valence-corrected chi connectivity index (χ1v) is 7.39. The summed E-state index contributed by atoms with van der Waals surface area (Å²) in [5.74, 6) is 1.04. The van der Waals surface area contributed by atoms with Gasteiger partial charge in [-0.1, -0.05) is 18.2 Å². The molecule has 0 saturated carbocycles. The molecule has 1 saturated heterocycles. The second kappa shape index (κ2) is 5.99. The number of guanidine groups is 1. The van der Waals surface area contributed by atoms with E-state index >= 15 is 0 Å². The Hall–Kier alpha value is -1.97. The predicted octanol–water partition coefficient (Wildman–Crippen LogP) is 2.38. The molecule has 0 amide bonds. The van der Waals surface area contributed by atoms with Crippen molar-refractivity contribution in [2.45, 2.75) is 19.3 Å². The summed E-state index contributed by atoms with van der Waals surface area (Å²) in [6, 6.07) is 8.46. The van der Waals surface area contributed by atoms with Crippen molar-refractivity contribution >= 4 is 16.9 Å². The first kappa shape index (κ1) is 13.0. The van der Waals surface area contributed by atoms with E-state index < -0.39 is 0 Å². The van der Waals surface area contributed by atoms with Crippen molar-refractivity contribution in [3.63, 3.8) is 0 Å². The second-order valence-corrected chi connectivity index (χ2v) is 5.28. The van der Waals surface area contributed by atoms with Crippen LogP contribution in [0.25, 0.3) is 10.9 Å². The Balaban J connectivity index is 1.59. The molecule has 4 nitrogen and oxygen atoms in total. The number of para-hydroxylation sites is 1. The first-order valence-electron chi connectivity index (χ1n) is 7.39. The van der Waals surface area contributed by atoms with E-state index in [2.05, 4.69) is 50.7 Å². The normalized spacial score (nSPS) is 16.1. The van der Waals surface area contributed by atoms with E-state index in [-0.39, 0.29) is 0 Å². The third-order valence-electron chi connectivity index (χ3n) is 3.97. The number of nitrogens with one attached hydrogen (secondary N) is 2. The topological polar surface area (TPSA) is 43.4 Å². The van der Waals surface area contributed by atoms with Crippen LogP contribution in [0.15, 0.2) is 35.5 Å². The predicted molar refractivity (Wildman–Crippen MR) is 84.2 cm³/mol. The quantitative estimate of drug-likeness (QED) is 0.664. The van der Waals surface area contributed by atoms with E-state index in [0.29, 0.717) is 0 Å². The van der Waals surface area contributed by atoms with E-state index in [1.54, 1.807) is 0 Å². The van der Waals surface area contributed by atoms with E-state index in [1.807, 2.05) is 7.05 Å². The van der Waals surface area contributed by atoms with Crippen LogP contribution in [-0.2, 0) is 6.42 Å². The van der Waals surface area contributed by atoms with E-state index in [9.17, 15) is 0 Å². The molecule has 0 spiro atoms.